The van der Waals surface area contributed by atoms with Crippen molar-refractivity contribution in [1.29, 1.82) is 0 Å². The molecule has 8 rings (SSSR count). The number of nitrogens with zero attached hydrogens (tertiary/aromatic N) is 2. The van der Waals surface area contributed by atoms with E-state index in [1.807, 2.05) is 12.2 Å². The van der Waals surface area contributed by atoms with Crippen LogP contribution in [0.1, 0.15) is 42.9 Å². The molecule has 0 aliphatic heterocycles. The lowest BCUT2D eigenvalue weighted by Crippen LogP contribution is -2.16. The summed E-state index contributed by atoms with van der Waals surface area (Å²) in [6.45, 7) is 2.23. The van der Waals surface area contributed by atoms with E-state index in [1.165, 1.54) is 55.3 Å². The summed E-state index contributed by atoms with van der Waals surface area (Å²) in [5.41, 5.74) is 12.5. The van der Waals surface area contributed by atoms with Crippen LogP contribution in [0.4, 0.5) is 11.4 Å². The third kappa shape index (κ3) is 5.64. The fourth-order valence-electron chi connectivity index (χ4n) is 7.31. The van der Waals surface area contributed by atoms with Gasteiger partial charge in [-0.2, -0.15) is 0 Å². The van der Waals surface area contributed by atoms with E-state index < -0.39 is 0 Å². The van der Waals surface area contributed by atoms with Crippen LogP contribution in [0.3, 0.4) is 0 Å². The van der Waals surface area contributed by atoms with Gasteiger partial charge in [0, 0.05) is 50.3 Å². The Morgan fingerprint density at radius 2 is 1.55 bits per heavy atom. The number of aryl methyl sites for hydroxylation is 1. The molecule has 1 unspecified atom stereocenters. The quantitative estimate of drug-likeness (QED) is 0.182. The van der Waals surface area contributed by atoms with Gasteiger partial charge in [-0.1, -0.05) is 103 Å². The van der Waals surface area contributed by atoms with Crippen molar-refractivity contribution >= 4 is 50.4 Å². The SMILES string of the molecule is Cc1cc(N(C2=CC=C(Cl)C=CC2)c2ccc(-c3ccc4c(c3)c3ccccc3n4C3C=CC=CC3)cc2)ccc1C1=CC=CCC1. The predicted molar refractivity (Wildman–Crippen MR) is 202 cm³/mol. The Kier molecular flexibility index (Phi) is 7.89. The van der Waals surface area contributed by atoms with E-state index in [1.54, 1.807) is 0 Å². The zero-order valence-corrected chi connectivity index (χ0v) is 27.4. The van der Waals surface area contributed by atoms with Crippen molar-refractivity contribution in [3.05, 3.63) is 174 Å². The molecule has 4 aromatic carbocycles. The van der Waals surface area contributed by atoms with Crippen molar-refractivity contribution in [3.63, 3.8) is 0 Å². The molecule has 47 heavy (non-hydrogen) atoms. The molecular weight excluding hydrogens is 592 g/mol. The Morgan fingerprint density at radius 1 is 0.723 bits per heavy atom. The van der Waals surface area contributed by atoms with Gasteiger partial charge in [-0.05, 0) is 115 Å². The van der Waals surface area contributed by atoms with Crippen molar-refractivity contribution in [2.45, 2.75) is 38.6 Å². The van der Waals surface area contributed by atoms with Gasteiger partial charge >= 0.3 is 0 Å². The fraction of sp³-hybridized carbons (Fsp3) is 0.136. The number of halogens is 1. The molecular formula is C44H37ClN2. The Labute approximate surface area is 282 Å². The molecule has 0 N–H and O–H groups in total. The minimum absolute atomic E-state index is 0.324. The van der Waals surface area contributed by atoms with E-state index in [9.17, 15) is 0 Å². The van der Waals surface area contributed by atoms with Gasteiger partial charge in [0.1, 0.15) is 0 Å². The monoisotopic (exact) mass is 628 g/mol. The maximum atomic E-state index is 6.42. The number of aromatic nitrogens is 1. The molecule has 0 amide bonds. The van der Waals surface area contributed by atoms with Gasteiger partial charge in [0.05, 0.1) is 6.04 Å². The molecule has 230 valence electrons. The van der Waals surface area contributed by atoms with E-state index >= 15 is 0 Å². The van der Waals surface area contributed by atoms with E-state index in [2.05, 4.69) is 156 Å². The van der Waals surface area contributed by atoms with Crippen LogP contribution in [-0.4, -0.2) is 4.57 Å². The number of para-hydroxylation sites is 1. The lowest BCUT2D eigenvalue weighted by molar-refractivity contribution is 0.648. The average molecular weight is 629 g/mol. The molecule has 5 aromatic rings. The Morgan fingerprint density at radius 3 is 2.36 bits per heavy atom. The van der Waals surface area contributed by atoms with Crippen LogP contribution in [0.5, 0.6) is 0 Å². The number of fused-ring (bicyclic) bond motifs is 3. The third-order valence-corrected chi connectivity index (χ3v) is 9.86. The normalized spacial score (nSPS) is 17.5. The first kappa shape index (κ1) is 29.4. The molecule has 3 heteroatoms. The lowest BCUT2D eigenvalue weighted by Gasteiger charge is -2.28. The maximum absolute atomic E-state index is 6.42. The summed E-state index contributed by atoms with van der Waals surface area (Å²) in [7, 11) is 0. The molecule has 0 radical (unpaired) electrons. The topological polar surface area (TPSA) is 8.17 Å². The van der Waals surface area contributed by atoms with Gasteiger partial charge in [-0.15, -0.1) is 0 Å². The second-order valence-electron chi connectivity index (χ2n) is 12.6. The van der Waals surface area contributed by atoms with Crippen LogP contribution < -0.4 is 4.90 Å². The highest BCUT2D eigenvalue weighted by Gasteiger charge is 2.19. The zero-order valence-electron chi connectivity index (χ0n) is 26.6. The van der Waals surface area contributed by atoms with Crippen LogP contribution in [0.15, 0.2) is 162 Å². The van der Waals surface area contributed by atoms with Crippen molar-refractivity contribution in [2.24, 2.45) is 0 Å². The van der Waals surface area contributed by atoms with Gasteiger partial charge in [0.25, 0.3) is 0 Å². The highest BCUT2D eigenvalue weighted by molar-refractivity contribution is 6.31. The number of hydrogen-bond donors (Lipinski definition) is 0. The average Bonchev–Trinajstić information content (AvgIpc) is 3.30. The fourth-order valence-corrected chi connectivity index (χ4v) is 7.47. The van der Waals surface area contributed by atoms with Crippen molar-refractivity contribution < 1.29 is 0 Å². The summed E-state index contributed by atoms with van der Waals surface area (Å²) in [4.78, 5) is 2.37. The third-order valence-electron chi connectivity index (χ3n) is 9.61. The molecule has 1 heterocycles. The summed E-state index contributed by atoms with van der Waals surface area (Å²) in [6, 6.07) is 32.0. The minimum atomic E-state index is 0.324. The first-order valence-electron chi connectivity index (χ1n) is 16.6. The second-order valence-corrected chi connectivity index (χ2v) is 13.0. The summed E-state index contributed by atoms with van der Waals surface area (Å²) in [6.07, 6.45) is 27.8. The van der Waals surface area contributed by atoms with Crippen LogP contribution >= 0.6 is 11.6 Å². The van der Waals surface area contributed by atoms with Crippen LogP contribution in [-0.2, 0) is 0 Å². The zero-order chi connectivity index (χ0) is 31.7. The van der Waals surface area contributed by atoms with Gasteiger partial charge in [0.15, 0.2) is 0 Å². The molecule has 1 atom stereocenters. The predicted octanol–water partition coefficient (Wildman–Crippen LogP) is 12.7. The van der Waals surface area contributed by atoms with E-state index in [0.29, 0.717) is 6.04 Å². The molecule has 0 saturated heterocycles. The molecule has 0 bridgehead atoms. The molecule has 1 aromatic heterocycles. The van der Waals surface area contributed by atoms with Crippen molar-refractivity contribution in [2.75, 3.05) is 4.90 Å². The Balaban J connectivity index is 1.18. The first-order chi connectivity index (χ1) is 23.1. The van der Waals surface area contributed by atoms with Crippen LogP contribution in [0.2, 0.25) is 0 Å². The van der Waals surface area contributed by atoms with Gasteiger partial charge in [0.2, 0.25) is 0 Å². The second kappa shape index (κ2) is 12.6. The maximum Gasteiger partial charge on any atom is 0.0560 e. The molecule has 0 saturated carbocycles. The smallest absolute Gasteiger partial charge is 0.0560 e. The van der Waals surface area contributed by atoms with Crippen molar-refractivity contribution in [3.8, 4) is 11.1 Å². The summed E-state index contributed by atoms with van der Waals surface area (Å²) < 4.78 is 2.50. The molecule has 0 fully saturated rings. The number of benzene rings is 4. The Hall–Kier alpha value is -5.05. The molecule has 3 aliphatic rings. The Bertz CT molecular complexity index is 2210. The van der Waals surface area contributed by atoms with Gasteiger partial charge < -0.3 is 9.47 Å². The number of hydrogen-bond acceptors (Lipinski definition) is 1. The molecule has 2 nitrogen and oxygen atoms in total. The summed E-state index contributed by atoms with van der Waals surface area (Å²) in [5.74, 6) is 0. The number of rotatable bonds is 6. The summed E-state index contributed by atoms with van der Waals surface area (Å²) in [5, 5.41) is 3.34. The largest absolute Gasteiger partial charge is 0.333 e. The standard InChI is InChI=1S/C44H37ClN2/c1-31-29-39(26-27-40(31)33-11-4-2-5-12-33)46(37-16-10-13-35(45)22-25-37)38-23-19-32(20-24-38)34-21-28-44-42(30-34)41-17-8-9-18-43(41)47(44)36-14-6-3-7-15-36/h2-4,6-11,13-14,17-30,36H,5,12,15-16H2,1H3. The highest BCUT2D eigenvalue weighted by atomic mass is 35.5. The van der Waals surface area contributed by atoms with E-state index in [-0.39, 0.29) is 0 Å². The van der Waals surface area contributed by atoms with Gasteiger partial charge in [-0.25, -0.2) is 0 Å². The highest BCUT2D eigenvalue weighted by Crippen LogP contribution is 2.39. The van der Waals surface area contributed by atoms with Crippen LogP contribution in [0.25, 0.3) is 38.5 Å². The molecule has 3 aliphatic carbocycles. The number of anilines is 2. The minimum Gasteiger partial charge on any atom is -0.333 e. The number of allylic oxidation sites excluding steroid dienone is 13. The van der Waals surface area contributed by atoms with Crippen LogP contribution in [0, 0.1) is 6.92 Å². The van der Waals surface area contributed by atoms with Gasteiger partial charge in [-0.3, -0.25) is 0 Å². The molecule has 0 spiro atoms. The lowest BCUT2D eigenvalue weighted by atomic mass is 9.93. The van der Waals surface area contributed by atoms with Crippen molar-refractivity contribution in [1.82, 2.24) is 4.57 Å². The first-order valence-corrected chi connectivity index (χ1v) is 17.0. The van der Waals surface area contributed by atoms with E-state index in [4.69, 9.17) is 11.6 Å². The summed E-state index contributed by atoms with van der Waals surface area (Å²) >= 11 is 6.42. The van der Waals surface area contributed by atoms with E-state index in [0.717, 1.165) is 42.1 Å².